The van der Waals surface area contributed by atoms with Crippen LogP contribution in [0.3, 0.4) is 0 Å². The van der Waals surface area contributed by atoms with Gasteiger partial charge in [-0.3, -0.25) is 0 Å². The molecule has 0 aliphatic rings. The van der Waals surface area contributed by atoms with E-state index in [0.717, 1.165) is 6.07 Å². The summed E-state index contributed by atoms with van der Waals surface area (Å²) >= 11 is 0. The molecule has 0 aliphatic heterocycles. The first kappa shape index (κ1) is 10.7. The van der Waals surface area contributed by atoms with Gasteiger partial charge in [0.1, 0.15) is 5.82 Å². The Bertz CT molecular complexity index is 350. The van der Waals surface area contributed by atoms with Crippen molar-refractivity contribution in [2.45, 2.75) is 19.4 Å². The summed E-state index contributed by atoms with van der Waals surface area (Å²) in [4.78, 5) is 10.7. The number of rotatable bonds is 3. The molecule has 0 bridgehead atoms. The lowest BCUT2D eigenvalue weighted by atomic mass is 10.0. The van der Waals surface area contributed by atoms with Crippen LogP contribution in [0.15, 0.2) is 18.2 Å². The Balaban J connectivity index is 3.14. The molecular weight excluding hydrogens is 185 g/mol. The Morgan fingerprint density at radius 2 is 2.29 bits per heavy atom. The molecule has 0 heterocycles. The number of halogens is 1. The number of carboxylic acid groups (broad SMARTS) is 1. The third-order valence-corrected chi connectivity index (χ3v) is 1.86. The highest BCUT2D eigenvalue weighted by Gasteiger charge is 2.15. The van der Waals surface area contributed by atoms with Crippen LogP contribution < -0.4 is 5.73 Å². The Kier molecular flexibility index (Phi) is 3.19. The predicted octanol–water partition coefficient (Wildman–Crippen LogP) is 1.41. The average molecular weight is 197 g/mol. The maximum Gasteiger partial charge on any atom is 0.338 e. The smallest absolute Gasteiger partial charge is 0.338 e. The minimum absolute atomic E-state index is 0.185. The number of hydrogen-bond donors (Lipinski definition) is 2. The summed E-state index contributed by atoms with van der Waals surface area (Å²) in [7, 11) is 0. The summed E-state index contributed by atoms with van der Waals surface area (Å²) in [6.07, 6.45) is 0.361. The van der Waals surface area contributed by atoms with E-state index in [1.165, 1.54) is 6.07 Å². The summed E-state index contributed by atoms with van der Waals surface area (Å²) in [6.45, 7) is 1.75. The number of hydrogen-bond acceptors (Lipinski definition) is 2. The summed E-state index contributed by atoms with van der Waals surface area (Å²) in [5, 5.41) is 8.78. The Morgan fingerprint density at radius 3 is 2.79 bits per heavy atom. The largest absolute Gasteiger partial charge is 0.478 e. The van der Waals surface area contributed by atoms with Gasteiger partial charge < -0.3 is 10.8 Å². The lowest BCUT2D eigenvalue weighted by Crippen LogP contribution is -2.20. The first-order valence-electron chi connectivity index (χ1n) is 4.28. The molecule has 1 atom stereocenters. The normalized spacial score (nSPS) is 12.5. The summed E-state index contributed by atoms with van der Waals surface area (Å²) in [5.41, 5.74) is 5.69. The molecule has 0 fully saturated rings. The van der Waals surface area contributed by atoms with Gasteiger partial charge in [-0.25, -0.2) is 9.18 Å². The van der Waals surface area contributed by atoms with Gasteiger partial charge in [0.2, 0.25) is 0 Å². The fourth-order valence-corrected chi connectivity index (χ4v) is 1.33. The van der Waals surface area contributed by atoms with E-state index in [4.69, 9.17) is 10.8 Å². The van der Waals surface area contributed by atoms with Crippen LogP contribution in [-0.4, -0.2) is 17.1 Å². The zero-order valence-electron chi connectivity index (χ0n) is 7.83. The fraction of sp³-hybridized carbons (Fsp3) is 0.300. The molecule has 0 saturated heterocycles. The zero-order chi connectivity index (χ0) is 10.7. The summed E-state index contributed by atoms with van der Waals surface area (Å²) < 4.78 is 13.1. The molecule has 4 heteroatoms. The quantitative estimate of drug-likeness (QED) is 0.770. The maximum atomic E-state index is 13.1. The molecule has 0 aliphatic carbocycles. The van der Waals surface area contributed by atoms with Crippen LogP contribution in [0, 0.1) is 5.82 Å². The molecule has 0 unspecified atom stereocenters. The molecule has 1 aromatic rings. The Labute approximate surface area is 81.4 Å². The molecule has 1 rings (SSSR count). The molecular formula is C10H12FNO2. The van der Waals surface area contributed by atoms with Crippen molar-refractivity contribution in [3.8, 4) is 0 Å². The van der Waals surface area contributed by atoms with E-state index in [0.29, 0.717) is 12.0 Å². The lowest BCUT2D eigenvalue weighted by molar-refractivity contribution is 0.0690. The van der Waals surface area contributed by atoms with E-state index in [2.05, 4.69) is 0 Å². The van der Waals surface area contributed by atoms with E-state index in [9.17, 15) is 9.18 Å². The van der Waals surface area contributed by atoms with Gasteiger partial charge in [-0.1, -0.05) is 12.1 Å². The second-order valence-electron chi connectivity index (χ2n) is 3.26. The van der Waals surface area contributed by atoms with Gasteiger partial charge in [-0.2, -0.15) is 0 Å². The van der Waals surface area contributed by atoms with Gasteiger partial charge in [0, 0.05) is 6.04 Å². The molecule has 14 heavy (non-hydrogen) atoms. The molecule has 0 spiro atoms. The fourth-order valence-electron chi connectivity index (χ4n) is 1.33. The van der Waals surface area contributed by atoms with E-state index >= 15 is 0 Å². The number of carbonyl (C=O) groups is 1. The van der Waals surface area contributed by atoms with Crippen molar-refractivity contribution in [3.05, 3.63) is 35.1 Å². The van der Waals surface area contributed by atoms with Crippen molar-refractivity contribution < 1.29 is 14.3 Å². The monoisotopic (exact) mass is 197 g/mol. The first-order valence-corrected chi connectivity index (χ1v) is 4.28. The standard InChI is InChI=1S/C10H12FNO2/c1-6(12)5-7-3-2-4-8(11)9(7)10(13)14/h2-4,6H,5,12H2,1H3,(H,13,14)/t6-/m0/s1. The molecule has 0 aromatic heterocycles. The molecule has 3 nitrogen and oxygen atoms in total. The molecule has 0 radical (unpaired) electrons. The number of nitrogens with two attached hydrogens (primary N) is 1. The van der Waals surface area contributed by atoms with Crippen molar-refractivity contribution in [1.82, 2.24) is 0 Å². The van der Waals surface area contributed by atoms with Crippen molar-refractivity contribution in [3.63, 3.8) is 0 Å². The van der Waals surface area contributed by atoms with Crippen LogP contribution in [0.5, 0.6) is 0 Å². The second-order valence-corrected chi connectivity index (χ2v) is 3.26. The average Bonchev–Trinajstić information content (AvgIpc) is 2.01. The minimum atomic E-state index is -1.25. The Hall–Kier alpha value is -1.42. The third kappa shape index (κ3) is 2.29. The van der Waals surface area contributed by atoms with Gasteiger partial charge in [0.05, 0.1) is 5.56 Å². The number of aromatic carboxylic acids is 1. The van der Waals surface area contributed by atoms with Crippen molar-refractivity contribution in [2.24, 2.45) is 5.73 Å². The molecule has 0 amide bonds. The van der Waals surface area contributed by atoms with E-state index in [1.807, 2.05) is 0 Å². The maximum absolute atomic E-state index is 13.1. The second kappa shape index (κ2) is 4.19. The molecule has 76 valence electrons. The molecule has 0 saturated carbocycles. The molecule has 1 aromatic carbocycles. The van der Waals surface area contributed by atoms with E-state index in [1.54, 1.807) is 13.0 Å². The highest BCUT2D eigenvalue weighted by atomic mass is 19.1. The lowest BCUT2D eigenvalue weighted by Gasteiger charge is -2.08. The van der Waals surface area contributed by atoms with Crippen LogP contribution in [-0.2, 0) is 6.42 Å². The highest BCUT2D eigenvalue weighted by Crippen LogP contribution is 2.14. The highest BCUT2D eigenvalue weighted by molar-refractivity contribution is 5.89. The predicted molar refractivity (Wildman–Crippen MR) is 50.7 cm³/mol. The summed E-state index contributed by atoms with van der Waals surface area (Å²) in [5.74, 6) is -1.96. The van der Waals surface area contributed by atoms with Crippen molar-refractivity contribution in [1.29, 1.82) is 0 Å². The third-order valence-electron chi connectivity index (χ3n) is 1.86. The van der Waals surface area contributed by atoms with Gasteiger partial charge >= 0.3 is 5.97 Å². The van der Waals surface area contributed by atoms with Gasteiger partial charge in [0.15, 0.2) is 0 Å². The number of carboxylic acids is 1. The minimum Gasteiger partial charge on any atom is -0.478 e. The van der Waals surface area contributed by atoms with Crippen molar-refractivity contribution in [2.75, 3.05) is 0 Å². The molecule has 3 N–H and O–H groups in total. The topological polar surface area (TPSA) is 63.3 Å². The van der Waals surface area contributed by atoms with Gasteiger partial charge in [0.25, 0.3) is 0 Å². The number of benzene rings is 1. The van der Waals surface area contributed by atoms with Crippen LogP contribution in [0.4, 0.5) is 4.39 Å². The summed E-state index contributed by atoms with van der Waals surface area (Å²) in [6, 6.07) is 4.01. The van der Waals surface area contributed by atoms with Crippen LogP contribution in [0.1, 0.15) is 22.8 Å². The SMILES string of the molecule is C[C@H](N)Cc1cccc(F)c1C(=O)O. The Morgan fingerprint density at radius 1 is 1.64 bits per heavy atom. The van der Waals surface area contributed by atoms with Gasteiger partial charge in [-0.15, -0.1) is 0 Å². The van der Waals surface area contributed by atoms with Crippen LogP contribution in [0.25, 0.3) is 0 Å². The van der Waals surface area contributed by atoms with E-state index < -0.39 is 11.8 Å². The van der Waals surface area contributed by atoms with Crippen LogP contribution >= 0.6 is 0 Å². The zero-order valence-corrected chi connectivity index (χ0v) is 7.83. The van der Waals surface area contributed by atoms with Gasteiger partial charge in [-0.05, 0) is 25.0 Å². The first-order chi connectivity index (χ1) is 6.52. The van der Waals surface area contributed by atoms with E-state index in [-0.39, 0.29) is 11.6 Å². The van der Waals surface area contributed by atoms with Crippen LogP contribution in [0.2, 0.25) is 0 Å². The van der Waals surface area contributed by atoms with Crippen molar-refractivity contribution >= 4 is 5.97 Å².